The molecule has 0 fully saturated rings. The van der Waals surface area contributed by atoms with E-state index in [0.29, 0.717) is 23.9 Å². The molecule has 0 saturated heterocycles. The second-order valence-corrected chi connectivity index (χ2v) is 4.79. The lowest BCUT2D eigenvalue weighted by atomic mass is 10.2. The van der Waals surface area contributed by atoms with Crippen LogP contribution in [0.15, 0.2) is 28.8 Å². The fraction of sp³-hybridized carbons (Fsp3) is 0.286. The molecule has 7 heteroatoms. The van der Waals surface area contributed by atoms with Crippen LogP contribution < -0.4 is 19.6 Å². The third kappa shape index (κ3) is 3.85. The van der Waals surface area contributed by atoms with Gasteiger partial charge in [-0.05, 0) is 19.1 Å². The van der Waals surface area contributed by atoms with Gasteiger partial charge in [-0.25, -0.2) is 4.98 Å². The van der Waals surface area contributed by atoms with E-state index in [9.17, 15) is 0 Å². The van der Waals surface area contributed by atoms with E-state index in [4.69, 9.17) is 14.2 Å². The summed E-state index contributed by atoms with van der Waals surface area (Å²) in [6, 6.07) is 3.67. The Bertz CT molecular complexity index is 575. The van der Waals surface area contributed by atoms with Gasteiger partial charge in [0.1, 0.15) is 0 Å². The highest BCUT2D eigenvalue weighted by molar-refractivity contribution is 7.13. The van der Waals surface area contributed by atoms with Crippen molar-refractivity contribution in [2.75, 3.05) is 26.3 Å². The zero-order valence-corrected chi connectivity index (χ0v) is 12.9. The first-order valence-corrected chi connectivity index (χ1v) is 7.23. The molecule has 1 heterocycles. The largest absolute Gasteiger partial charge is 0.493 e. The van der Waals surface area contributed by atoms with Crippen LogP contribution in [0.4, 0.5) is 5.13 Å². The molecule has 0 saturated carbocycles. The summed E-state index contributed by atoms with van der Waals surface area (Å²) < 4.78 is 16.2. The smallest absolute Gasteiger partial charge is 0.203 e. The van der Waals surface area contributed by atoms with Crippen LogP contribution >= 0.6 is 11.3 Å². The van der Waals surface area contributed by atoms with E-state index in [-0.39, 0.29) is 0 Å². The van der Waals surface area contributed by atoms with Crippen LogP contribution in [0.3, 0.4) is 0 Å². The summed E-state index contributed by atoms with van der Waals surface area (Å²) in [5.74, 6) is 1.80. The van der Waals surface area contributed by atoms with Gasteiger partial charge in [-0.3, -0.25) is 5.43 Å². The van der Waals surface area contributed by atoms with Gasteiger partial charge in [0.15, 0.2) is 11.5 Å². The molecule has 2 aromatic rings. The van der Waals surface area contributed by atoms with Crippen LogP contribution in [0.5, 0.6) is 17.2 Å². The van der Waals surface area contributed by atoms with Gasteiger partial charge in [-0.1, -0.05) is 0 Å². The second kappa shape index (κ2) is 7.49. The van der Waals surface area contributed by atoms with Crippen molar-refractivity contribution in [3.8, 4) is 17.2 Å². The van der Waals surface area contributed by atoms with Crippen molar-refractivity contribution in [1.29, 1.82) is 0 Å². The first-order chi connectivity index (χ1) is 10.3. The first kappa shape index (κ1) is 15.1. The Morgan fingerprint density at radius 1 is 1.29 bits per heavy atom. The van der Waals surface area contributed by atoms with Crippen LogP contribution in [0.2, 0.25) is 0 Å². The fourth-order valence-corrected chi connectivity index (χ4v) is 2.18. The molecule has 1 aromatic heterocycles. The minimum atomic E-state index is 0.533. The van der Waals surface area contributed by atoms with Gasteiger partial charge in [0.25, 0.3) is 0 Å². The van der Waals surface area contributed by atoms with Crippen LogP contribution in [0.25, 0.3) is 0 Å². The van der Waals surface area contributed by atoms with Gasteiger partial charge in [0, 0.05) is 17.1 Å². The number of nitrogens with zero attached hydrogens (tertiary/aromatic N) is 2. The lowest BCUT2D eigenvalue weighted by molar-refractivity contribution is 0.288. The highest BCUT2D eigenvalue weighted by Crippen LogP contribution is 2.38. The molecule has 0 aliphatic heterocycles. The van der Waals surface area contributed by atoms with E-state index < -0.39 is 0 Å². The third-order valence-corrected chi connectivity index (χ3v) is 3.26. The monoisotopic (exact) mass is 307 g/mol. The molecule has 0 unspecified atom stereocenters. The van der Waals surface area contributed by atoms with Crippen LogP contribution in [-0.2, 0) is 0 Å². The predicted octanol–water partition coefficient (Wildman–Crippen LogP) is 3.01. The number of thiazole rings is 1. The molecule has 1 aromatic carbocycles. The molecule has 112 valence electrons. The van der Waals surface area contributed by atoms with Crippen LogP contribution in [0.1, 0.15) is 12.5 Å². The lowest BCUT2D eigenvalue weighted by Crippen LogP contribution is -2.00. The van der Waals surface area contributed by atoms with Gasteiger partial charge < -0.3 is 14.2 Å². The number of nitrogens with one attached hydrogen (secondary N) is 1. The molecule has 0 atom stereocenters. The lowest BCUT2D eigenvalue weighted by Gasteiger charge is -2.14. The Balaban J connectivity index is 2.21. The summed E-state index contributed by atoms with van der Waals surface area (Å²) in [5.41, 5.74) is 3.68. The fourth-order valence-electron chi connectivity index (χ4n) is 1.70. The third-order valence-electron chi connectivity index (χ3n) is 2.58. The van der Waals surface area contributed by atoms with E-state index in [1.165, 1.54) is 11.3 Å². The molecule has 1 N–H and O–H groups in total. The molecular weight excluding hydrogens is 290 g/mol. The summed E-state index contributed by atoms with van der Waals surface area (Å²) in [6.45, 7) is 2.44. The van der Waals surface area contributed by atoms with E-state index in [1.54, 1.807) is 26.6 Å². The van der Waals surface area contributed by atoms with Crippen LogP contribution in [-0.4, -0.2) is 32.0 Å². The van der Waals surface area contributed by atoms with Gasteiger partial charge >= 0.3 is 0 Å². The SMILES string of the molecule is CCOc1c(OC)cc(C=NNc2nccs2)cc1OC. The Morgan fingerprint density at radius 2 is 2.00 bits per heavy atom. The van der Waals surface area contributed by atoms with Crippen molar-refractivity contribution in [2.24, 2.45) is 5.10 Å². The topological polar surface area (TPSA) is 65.0 Å². The molecule has 0 radical (unpaired) electrons. The molecule has 0 aliphatic carbocycles. The van der Waals surface area contributed by atoms with Crippen molar-refractivity contribution in [1.82, 2.24) is 4.98 Å². The molecule has 0 spiro atoms. The zero-order valence-electron chi connectivity index (χ0n) is 12.1. The minimum Gasteiger partial charge on any atom is -0.493 e. The second-order valence-electron chi connectivity index (χ2n) is 3.89. The summed E-state index contributed by atoms with van der Waals surface area (Å²) in [5, 5.41) is 6.74. The van der Waals surface area contributed by atoms with Crippen LogP contribution in [0, 0.1) is 0 Å². The Morgan fingerprint density at radius 3 is 2.52 bits per heavy atom. The summed E-state index contributed by atoms with van der Waals surface area (Å²) in [4.78, 5) is 4.08. The van der Waals surface area contributed by atoms with E-state index in [1.807, 2.05) is 24.4 Å². The number of hydrazone groups is 1. The standard InChI is InChI=1S/C14H17N3O3S/c1-4-20-13-11(18-2)7-10(8-12(13)19-3)9-16-17-14-15-5-6-21-14/h5-9H,4H2,1-3H3,(H,15,17). The highest BCUT2D eigenvalue weighted by atomic mass is 32.1. The van der Waals surface area contributed by atoms with E-state index in [0.717, 1.165) is 10.7 Å². The highest BCUT2D eigenvalue weighted by Gasteiger charge is 2.13. The normalized spacial score (nSPS) is 10.6. The number of rotatable bonds is 7. The number of methoxy groups -OCH3 is 2. The zero-order chi connectivity index (χ0) is 15.1. The molecule has 0 aliphatic rings. The van der Waals surface area contributed by atoms with Crippen molar-refractivity contribution in [3.05, 3.63) is 29.3 Å². The summed E-state index contributed by atoms with van der Waals surface area (Å²) >= 11 is 1.48. The maximum absolute atomic E-state index is 5.55. The molecular formula is C14H17N3O3S. The molecule has 0 amide bonds. The van der Waals surface area contributed by atoms with Gasteiger partial charge in [0.05, 0.1) is 27.0 Å². The first-order valence-electron chi connectivity index (χ1n) is 6.35. The van der Waals surface area contributed by atoms with E-state index in [2.05, 4.69) is 15.5 Å². The Hall–Kier alpha value is -2.28. The van der Waals surface area contributed by atoms with Crippen molar-refractivity contribution >= 4 is 22.7 Å². The average Bonchev–Trinajstić information content (AvgIpc) is 3.01. The quantitative estimate of drug-likeness (QED) is 0.629. The van der Waals surface area contributed by atoms with Gasteiger partial charge in [0.2, 0.25) is 10.9 Å². The number of aromatic nitrogens is 1. The Labute approximate surface area is 127 Å². The number of benzene rings is 1. The minimum absolute atomic E-state index is 0.533. The molecule has 21 heavy (non-hydrogen) atoms. The summed E-state index contributed by atoms with van der Waals surface area (Å²) in [6.07, 6.45) is 3.38. The predicted molar refractivity (Wildman–Crippen MR) is 84.0 cm³/mol. The number of ether oxygens (including phenoxy) is 3. The van der Waals surface area contributed by atoms with Gasteiger partial charge in [-0.15, -0.1) is 11.3 Å². The van der Waals surface area contributed by atoms with Crippen molar-refractivity contribution in [2.45, 2.75) is 6.92 Å². The maximum Gasteiger partial charge on any atom is 0.203 e. The van der Waals surface area contributed by atoms with Crippen molar-refractivity contribution in [3.63, 3.8) is 0 Å². The maximum atomic E-state index is 5.55. The summed E-state index contributed by atoms with van der Waals surface area (Å²) in [7, 11) is 3.18. The number of hydrogen-bond acceptors (Lipinski definition) is 7. The average molecular weight is 307 g/mol. The van der Waals surface area contributed by atoms with Crippen molar-refractivity contribution < 1.29 is 14.2 Å². The molecule has 2 rings (SSSR count). The molecule has 6 nitrogen and oxygen atoms in total. The Kier molecular flexibility index (Phi) is 5.39. The van der Waals surface area contributed by atoms with Gasteiger partial charge in [-0.2, -0.15) is 5.10 Å². The van der Waals surface area contributed by atoms with E-state index >= 15 is 0 Å². The molecule has 0 bridgehead atoms. The number of anilines is 1. The number of hydrogen-bond donors (Lipinski definition) is 1.